The van der Waals surface area contributed by atoms with E-state index in [9.17, 15) is 0 Å². The van der Waals surface area contributed by atoms with E-state index in [2.05, 4.69) is 217 Å². The van der Waals surface area contributed by atoms with E-state index in [0.29, 0.717) is 0 Å². The first-order chi connectivity index (χ1) is 31.3. The smallest absolute Gasteiger partial charge is 0.160 e. The average molecular weight is 820 g/mol. The Kier molecular flexibility index (Phi) is 8.15. The first-order valence-corrected chi connectivity index (χ1v) is 22.3. The first-order valence-electron chi connectivity index (χ1n) is 21.5. The van der Waals surface area contributed by atoms with Crippen molar-refractivity contribution in [2.75, 3.05) is 0 Å². The van der Waals surface area contributed by atoms with Crippen molar-refractivity contribution < 1.29 is 0 Å². The van der Waals surface area contributed by atoms with Crippen LogP contribution in [0.5, 0.6) is 0 Å². The molecular weight excluding hydrogens is 783 g/mol. The van der Waals surface area contributed by atoms with E-state index in [0.717, 1.165) is 66.2 Å². The van der Waals surface area contributed by atoms with Gasteiger partial charge in [0.25, 0.3) is 0 Å². The zero-order chi connectivity index (χ0) is 41.4. The van der Waals surface area contributed by atoms with Crippen LogP contribution in [-0.2, 0) is 0 Å². The molecule has 0 amide bonds. The molecule has 4 heteroatoms. The summed E-state index contributed by atoms with van der Waals surface area (Å²) in [5.41, 5.74) is 18.6. The highest BCUT2D eigenvalue weighted by Crippen LogP contribution is 2.54. The van der Waals surface area contributed by atoms with Gasteiger partial charge in [-0.1, -0.05) is 194 Å². The van der Waals surface area contributed by atoms with E-state index in [1.165, 1.54) is 54.3 Å². The van der Waals surface area contributed by atoms with E-state index in [1.807, 2.05) is 6.07 Å². The Morgan fingerprint density at radius 3 is 1.73 bits per heavy atom. The van der Waals surface area contributed by atoms with Gasteiger partial charge in [0, 0.05) is 49.0 Å². The summed E-state index contributed by atoms with van der Waals surface area (Å²) in [6, 6.07) is 79.4. The molecule has 0 bridgehead atoms. The van der Waals surface area contributed by atoms with Gasteiger partial charge in [0.1, 0.15) is 0 Å². The van der Waals surface area contributed by atoms with Crippen molar-refractivity contribution in [2.24, 2.45) is 0 Å². The maximum atomic E-state index is 5.50. The number of para-hydroxylation sites is 1. The van der Waals surface area contributed by atoms with Crippen molar-refractivity contribution in [1.29, 1.82) is 0 Å². The molecule has 0 radical (unpaired) electrons. The number of fused-ring (bicyclic) bond motifs is 10. The molecule has 1 aliphatic rings. The Hall–Kier alpha value is -7.92. The minimum atomic E-state index is 0.0578. The zero-order valence-electron chi connectivity index (χ0n) is 34.1. The maximum absolute atomic E-state index is 5.50. The molecule has 13 rings (SSSR count). The highest BCUT2D eigenvalue weighted by Gasteiger charge is 2.34. The summed E-state index contributed by atoms with van der Waals surface area (Å²) < 4.78 is 4.88. The molecule has 9 aromatic carbocycles. The molecule has 0 saturated carbocycles. The van der Waals surface area contributed by atoms with Crippen molar-refractivity contribution in [2.45, 2.75) is 5.92 Å². The van der Waals surface area contributed by atoms with Gasteiger partial charge in [-0.3, -0.25) is 0 Å². The van der Waals surface area contributed by atoms with Gasteiger partial charge in [-0.15, -0.1) is 11.3 Å². The first kappa shape index (κ1) is 35.8. The normalized spacial score (nSPS) is 13.2. The molecule has 12 aromatic rings. The molecule has 3 heterocycles. The molecule has 0 aliphatic heterocycles. The van der Waals surface area contributed by atoms with Crippen molar-refractivity contribution >= 4 is 53.4 Å². The summed E-state index contributed by atoms with van der Waals surface area (Å²) in [5.74, 6) is 0.778. The van der Waals surface area contributed by atoms with E-state index < -0.39 is 0 Å². The number of rotatable bonds is 6. The standard InChI is InChI=1S/C59H37N3S/c1-5-19-37(20-6-1)48-35-41(54-58-55(47-30-16-18-32-51(47)63-58)61-59(60-54)40-25-11-4-12-26-40)36-49(38-21-7-2-8-22-38)56(48)62-50-31-17-15-28-43(50)46-34-33-45-42-27-13-14-29-44(42)52(53(45)57(46)62)39-23-9-3-10-24-39/h1-36,52H. The highest BCUT2D eigenvalue weighted by molar-refractivity contribution is 7.26. The third-order valence-electron chi connectivity index (χ3n) is 12.9. The van der Waals surface area contributed by atoms with E-state index in [4.69, 9.17) is 9.97 Å². The fraction of sp³-hybridized carbons (Fsp3) is 0.0169. The van der Waals surface area contributed by atoms with E-state index >= 15 is 0 Å². The van der Waals surface area contributed by atoms with E-state index in [-0.39, 0.29) is 5.92 Å². The minimum Gasteiger partial charge on any atom is -0.308 e. The number of benzene rings is 9. The van der Waals surface area contributed by atoms with Crippen molar-refractivity contribution in [3.8, 4) is 61.7 Å². The van der Waals surface area contributed by atoms with Gasteiger partial charge in [0.2, 0.25) is 0 Å². The molecule has 0 N–H and O–H groups in total. The fourth-order valence-electron chi connectivity index (χ4n) is 10.2. The molecule has 3 nitrogen and oxygen atoms in total. The number of hydrogen-bond donors (Lipinski definition) is 0. The topological polar surface area (TPSA) is 30.7 Å². The molecule has 0 saturated heterocycles. The number of hydrogen-bond acceptors (Lipinski definition) is 3. The summed E-state index contributed by atoms with van der Waals surface area (Å²) in [6.07, 6.45) is 0. The monoisotopic (exact) mass is 819 g/mol. The van der Waals surface area contributed by atoms with Gasteiger partial charge in [0.05, 0.1) is 32.6 Å². The van der Waals surface area contributed by atoms with Crippen LogP contribution in [0.2, 0.25) is 0 Å². The molecule has 0 fully saturated rings. The predicted molar refractivity (Wildman–Crippen MR) is 264 cm³/mol. The Morgan fingerprint density at radius 2 is 1.02 bits per heavy atom. The lowest BCUT2D eigenvalue weighted by Crippen LogP contribution is -2.06. The maximum Gasteiger partial charge on any atom is 0.160 e. The summed E-state index contributed by atoms with van der Waals surface area (Å²) in [4.78, 5) is 10.8. The molecular formula is C59H37N3S. The minimum absolute atomic E-state index is 0.0578. The SMILES string of the molecule is c1ccc(-c2nc(-c3cc(-c4ccccc4)c(-n4c5ccccc5c5ccc6c(c54)C(c4ccccc4)c4ccccc4-6)c(-c4ccccc4)c3)c3sc4ccccc4c3n2)cc1. The number of nitrogens with zero attached hydrogens (tertiary/aromatic N) is 3. The lowest BCUT2D eigenvalue weighted by molar-refractivity contribution is 1.01. The lowest BCUT2D eigenvalue weighted by atomic mass is 9.88. The molecule has 1 atom stereocenters. The summed E-state index contributed by atoms with van der Waals surface area (Å²) >= 11 is 1.77. The highest BCUT2D eigenvalue weighted by atomic mass is 32.1. The zero-order valence-corrected chi connectivity index (χ0v) is 34.9. The van der Waals surface area contributed by atoms with Gasteiger partial charge in [-0.2, -0.15) is 0 Å². The summed E-state index contributed by atoms with van der Waals surface area (Å²) in [7, 11) is 0. The Balaban J connectivity index is 1.20. The van der Waals surface area contributed by atoms with Gasteiger partial charge in [-0.05, 0) is 63.2 Å². The van der Waals surface area contributed by atoms with Crippen molar-refractivity contribution in [1.82, 2.24) is 14.5 Å². The second-order valence-electron chi connectivity index (χ2n) is 16.4. The van der Waals surface area contributed by atoms with Crippen LogP contribution in [0.4, 0.5) is 0 Å². The van der Waals surface area contributed by atoms with Crippen LogP contribution in [0.25, 0.3) is 104 Å². The molecule has 1 unspecified atom stereocenters. The summed E-state index contributed by atoms with van der Waals surface area (Å²) in [6.45, 7) is 0. The van der Waals surface area contributed by atoms with Gasteiger partial charge in [0.15, 0.2) is 5.82 Å². The molecule has 3 aromatic heterocycles. The second kappa shape index (κ2) is 14.3. The predicted octanol–water partition coefficient (Wildman–Crippen LogP) is 15.8. The fourth-order valence-corrected chi connectivity index (χ4v) is 11.3. The molecule has 294 valence electrons. The molecule has 63 heavy (non-hydrogen) atoms. The summed E-state index contributed by atoms with van der Waals surface area (Å²) in [5, 5.41) is 3.63. The van der Waals surface area contributed by atoms with Crippen molar-refractivity contribution in [3.05, 3.63) is 235 Å². The van der Waals surface area contributed by atoms with Crippen molar-refractivity contribution in [3.63, 3.8) is 0 Å². The Morgan fingerprint density at radius 1 is 0.429 bits per heavy atom. The van der Waals surface area contributed by atoms with Gasteiger partial charge < -0.3 is 4.57 Å². The number of thiophene rings is 1. The average Bonchev–Trinajstić information content (AvgIpc) is 4.02. The van der Waals surface area contributed by atoms with Crippen LogP contribution < -0.4 is 0 Å². The van der Waals surface area contributed by atoms with Crippen LogP contribution in [0.15, 0.2) is 218 Å². The lowest BCUT2D eigenvalue weighted by Gasteiger charge is -2.23. The molecule has 1 aliphatic carbocycles. The van der Waals surface area contributed by atoms with Crippen LogP contribution in [0.3, 0.4) is 0 Å². The van der Waals surface area contributed by atoms with Crippen LogP contribution in [0.1, 0.15) is 22.6 Å². The third kappa shape index (κ3) is 5.58. The largest absolute Gasteiger partial charge is 0.308 e. The quantitative estimate of drug-likeness (QED) is 0.167. The van der Waals surface area contributed by atoms with Crippen LogP contribution >= 0.6 is 11.3 Å². The second-order valence-corrected chi connectivity index (χ2v) is 17.4. The van der Waals surface area contributed by atoms with Crippen LogP contribution in [-0.4, -0.2) is 14.5 Å². The van der Waals surface area contributed by atoms with Gasteiger partial charge >= 0.3 is 0 Å². The third-order valence-corrected chi connectivity index (χ3v) is 14.1. The Bertz CT molecular complexity index is 3660. The molecule has 0 spiro atoms. The van der Waals surface area contributed by atoms with E-state index in [1.54, 1.807) is 11.3 Å². The van der Waals surface area contributed by atoms with Gasteiger partial charge in [-0.25, -0.2) is 9.97 Å². The van der Waals surface area contributed by atoms with Crippen LogP contribution in [0, 0.1) is 0 Å². The number of aromatic nitrogens is 3. The Labute approximate surface area is 368 Å².